The molecule has 0 aliphatic rings. The average Bonchev–Trinajstić information content (AvgIpc) is 2.48. The van der Waals surface area contributed by atoms with Gasteiger partial charge in [0.25, 0.3) is 5.91 Å². The number of amides is 1. The van der Waals surface area contributed by atoms with E-state index < -0.39 is 0 Å². The molecule has 0 fully saturated rings. The summed E-state index contributed by atoms with van der Waals surface area (Å²) in [5.74, 6) is 0.338. The smallest absolute Gasteiger partial charge is 0.251 e. The lowest BCUT2D eigenvalue weighted by Gasteiger charge is -2.07. The highest BCUT2D eigenvalue weighted by Gasteiger charge is 2.07. The molecule has 2 nitrogen and oxygen atoms in total. The van der Waals surface area contributed by atoms with E-state index in [-0.39, 0.29) is 5.91 Å². The number of hydrogen-bond donors (Lipinski definition) is 1. The molecule has 20 heavy (non-hydrogen) atoms. The highest BCUT2D eigenvalue weighted by atomic mass is 79.9. The maximum Gasteiger partial charge on any atom is 0.251 e. The molecule has 0 saturated heterocycles. The fourth-order valence-corrected chi connectivity index (χ4v) is 2.27. The highest BCUT2D eigenvalue weighted by molar-refractivity contribution is 9.10. The van der Waals surface area contributed by atoms with Crippen molar-refractivity contribution in [1.82, 2.24) is 5.32 Å². The van der Waals surface area contributed by atoms with Gasteiger partial charge in [-0.2, -0.15) is 0 Å². The molecule has 0 aliphatic carbocycles. The molecule has 2 rings (SSSR count). The summed E-state index contributed by atoms with van der Waals surface area (Å²) in [6.07, 6.45) is 0. The monoisotopic (exact) mass is 371 g/mol. The number of hydrogen-bond acceptors (Lipinski definition) is 1. The van der Waals surface area contributed by atoms with Crippen LogP contribution < -0.4 is 5.32 Å². The van der Waals surface area contributed by atoms with Crippen molar-refractivity contribution in [2.24, 2.45) is 0 Å². The first kappa shape index (κ1) is 15.4. The van der Waals surface area contributed by atoms with Crippen LogP contribution in [0.4, 0.5) is 0 Å². The Balaban J connectivity index is 1.98. The maximum atomic E-state index is 12.0. The van der Waals surface area contributed by atoms with Crippen LogP contribution in [0.1, 0.15) is 21.5 Å². The van der Waals surface area contributed by atoms with E-state index in [4.69, 9.17) is 23.2 Å². The Labute approximate surface area is 136 Å². The van der Waals surface area contributed by atoms with Crippen LogP contribution in [0.25, 0.3) is 0 Å². The molecular weight excluding hydrogens is 361 g/mol. The molecule has 0 saturated carbocycles. The minimum atomic E-state index is -0.152. The Morgan fingerprint density at radius 1 is 1.10 bits per heavy atom. The third kappa shape index (κ3) is 3.98. The molecule has 0 unspecified atom stereocenters. The molecule has 0 bridgehead atoms. The van der Waals surface area contributed by atoms with Crippen molar-refractivity contribution in [2.75, 3.05) is 0 Å². The summed E-state index contributed by atoms with van der Waals surface area (Å²) < 4.78 is 0.771. The fourth-order valence-electron chi connectivity index (χ4n) is 1.67. The second-order valence-corrected chi connectivity index (χ2v) is 5.79. The standard InChI is InChI=1S/C15H12BrCl2NO/c16-13-6-5-12(7-14(13)18)15(20)19-9-11-3-1-10(8-17)2-4-11/h1-7H,8-9H2,(H,19,20). The van der Waals surface area contributed by atoms with Crippen LogP contribution in [0.5, 0.6) is 0 Å². The molecule has 104 valence electrons. The van der Waals surface area contributed by atoms with Crippen LogP contribution in [-0.4, -0.2) is 5.91 Å². The van der Waals surface area contributed by atoms with Crippen LogP contribution in [0.2, 0.25) is 5.02 Å². The summed E-state index contributed by atoms with van der Waals surface area (Å²) in [7, 11) is 0. The summed E-state index contributed by atoms with van der Waals surface area (Å²) >= 11 is 15.0. The van der Waals surface area contributed by atoms with Crippen molar-refractivity contribution in [3.05, 3.63) is 68.7 Å². The van der Waals surface area contributed by atoms with Gasteiger partial charge in [-0.1, -0.05) is 35.9 Å². The maximum absolute atomic E-state index is 12.0. The summed E-state index contributed by atoms with van der Waals surface area (Å²) in [6, 6.07) is 12.9. The summed E-state index contributed by atoms with van der Waals surface area (Å²) in [5.41, 5.74) is 2.62. The van der Waals surface area contributed by atoms with Crippen LogP contribution in [0, 0.1) is 0 Å². The Morgan fingerprint density at radius 2 is 1.75 bits per heavy atom. The Bertz CT molecular complexity index is 614. The van der Waals surface area contributed by atoms with Gasteiger partial charge in [0.05, 0.1) is 5.02 Å². The lowest BCUT2D eigenvalue weighted by molar-refractivity contribution is 0.0951. The van der Waals surface area contributed by atoms with E-state index in [1.807, 2.05) is 24.3 Å². The predicted molar refractivity (Wildman–Crippen MR) is 86.3 cm³/mol. The van der Waals surface area contributed by atoms with Gasteiger partial charge in [-0.15, -0.1) is 11.6 Å². The average molecular weight is 373 g/mol. The van der Waals surface area contributed by atoms with Crippen molar-refractivity contribution in [3.8, 4) is 0 Å². The molecule has 0 atom stereocenters. The Morgan fingerprint density at radius 3 is 2.35 bits per heavy atom. The third-order valence-corrected chi connectivity index (χ3v) is 4.35. The van der Waals surface area contributed by atoms with Crippen molar-refractivity contribution < 1.29 is 4.79 Å². The van der Waals surface area contributed by atoms with Crippen LogP contribution in [0.15, 0.2) is 46.9 Å². The number of benzene rings is 2. The number of carbonyl (C=O) groups excluding carboxylic acids is 1. The molecule has 1 amide bonds. The first-order valence-electron chi connectivity index (χ1n) is 5.97. The van der Waals surface area contributed by atoms with E-state index in [1.165, 1.54) is 0 Å². The highest BCUT2D eigenvalue weighted by Crippen LogP contribution is 2.23. The minimum Gasteiger partial charge on any atom is -0.348 e. The van der Waals surface area contributed by atoms with Gasteiger partial charge in [0, 0.05) is 22.5 Å². The molecule has 2 aromatic carbocycles. The SMILES string of the molecule is O=C(NCc1ccc(CCl)cc1)c1ccc(Br)c(Cl)c1. The zero-order valence-corrected chi connectivity index (χ0v) is 13.6. The molecule has 5 heteroatoms. The van der Waals surface area contributed by atoms with E-state index in [9.17, 15) is 4.79 Å². The molecule has 0 radical (unpaired) electrons. The van der Waals surface area contributed by atoms with Gasteiger partial charge in [-0.3, -0.25) is 4.79 Å². The quantitative estimate of drug-likeness (QED) is 0.769. The zero-order valence-electron chi connectivity index (χ0n) is 10.5. The second kappa shape index (κ2) is 7.11. The van der Waals surface area contributed by atoms with Gasteiger partial charge >= 0.3 is 0 Å². The first-order valence-corrected chi connectivity index (χ1v) is 7.67. The van der Waals surface area contributed by atoms with Gasteiger partial charge in [0.1, 0.15) is 0 Å². The number of carbonyl (C=O) groups is 1. The number of halogens is 3. The normalized spacial score (nSPS) is 10.3. The van der Waals surface area contributed by atoms with Crippen LogP contribution >= 0.6 is 39.1 Å². The topological polar surface area (TPSA) is 29.1 Å². The van der Waals surface area contributed by atoms with E-state index in [1.54, 1.807) is 18.2 Å². The lowest BCUT2D eigenvalue weighted by Crippen LogP contribution is -2.22. The van der Waals surface area contributed by atoms with Crippen molar-refractivity contribution in [3.63, 3.8) is 0 Å². The van der Waals surface area contributed by atoms with Crippen molar-refractivity contribution in [1.29, 1.82) is 0 Å². The van der Waals surface area contributed by atoms with E-state index in [0.29, 0.717) is 23.0 Å². The molecule has 2 aromatic rings. The Hall–Kier alpha value is -1.03. The van der Waals surface area contributed by atoms with E-state index >= 15 is 0 Å². The van der Waals surface area contributed by atoms with Crippen molar-refractivity contribution >= 4 is 45.0 Å². The van der Waals surface area contributed by atoms with Gasteiger partial charge < -0.3 is 5.32 Å². The van der Waals surface area contributed by atoms with E-state index in [2.05, 4.69) is 21.2 Å². The van der Waals surface area contributed by atoms with Gasteiger partial charge in [-0.25, -0.2) is 0 Å². The molecular formula is C15H12BrCl2NO. The van der Waals surface area contributed by atoms with Gasteiger partial charge in [-0.05, 0) is 45.3 Å². The number of alkyl halides is 1. The molecule has 0 spiro atoms. The molecule has 0 aliphatic heterocycles. The minimum absolute atomic E-state index is 0.152. The zero-order chi connectivity index (χ0) is 14.5. The predicted octanol–water partition coefficient (Wildman–Crippen LogP) is 4.77. The third-order valence-electron chi connectivity index (χ3n) is 2.81. The number of nitrogens with one attached hydrogen (secondary N) is 1. The summed E-state index contributed by atoms with van der Waals surface area (Å²) in [4.78, 5) is 12.0. The lowest BCUT2D eigenvalue weighted by atomic mass is 10.1. The molecule has 1 N–H and O–H groups in total. The molecule has 0 heterocycles. The largest absolute Gasteiger partial charge is 0.348 e. The summed E-state index contributed by atoms with van der Waals surface area (Å²) in [5, 5.41) is 3.37. The van der Waals surface area contributed by atoms with Crippen LogP contribution in [-0.2, 0) is 12.4 Å². The number of rotatable bonds is 4. The molecule has 0 aromatic heterocycles. The first-order chi connectivity index (χ1) is 9.60. The van der Waals surface area contributed by atoms with Gasteiger partial charge in [0.15, 0.2) is 0 Å². The second-order valence-electron chi connectivity index (χ2n) is 4.26. The van der Waals surface area contributed by atoms with Crippen molar-refractivity contribution in [2.45, 2.75) is 12.4 Å². The fraction of sp³-hybridized carbons (Fsp3) is 0.133. The Kier molecular flexibility index (Phi) is 5.46. The van der Waals surface area contributed by atoms with Gasteiger partial charge in [0.2, 0.25) is 0 Å². The van der Waals surface area contributed by atoms with Crippen LogP contribution in [0.3, 0.4) is 0 Å². The van der Waals surface area contributed by atoms with E-state index in [0.717, 1.165) is 15.6 Å². The summed E-state index contributed by atoms with van der Waals surface area (Å²) in [6.45, 7) is 0.467.